The van der Waals surface area contributed by atoms with Crippen LogP contribution in [0.1, 0.15) is 24.0 Å². The van der Waals surface area contributed by atoms with E-state index in [1.165, 1.54) is 4.90 Å². The lowest BCUT2D eigenvalue weighted by Crippen LogP contribution is -2.45. The Morgan fingerprint density at radius 1 is 1.39 bits per heavy atom. The Morgan fingerprint density at radius 2 is 2.17 bits per heavy atom. The number of hydrogen-bond donors (Lipinski definition) is 3. The zero-order chi connectivity index (χ0) is 15.7. The molecule has 3 amide bonds. The minimum Gasteiger partial charge on any atom is -0.351 e. The van der Waals surface area contributed by atoms with Crippen molar-refractivity contribution in [1.29, 1.82) is 0 Å². The molecule has 1 saturated heterocycles. The van der Waals surface area contributed by atoms with Crippen molar-refractivity contribution in [3.05, 3.63) is 29.1 Å². The molecule has 126 valence electrons. The molecule has 2 heterocycles. The summed E-state index contributed by atoms with van der Waals surface area (Å²) in [6, 6.07) is 2.16. The molecule has 8 heteroatoms. The van der Waals surface area contributed by atoms with Gasteiger partial charge in [0, 0.05) is 13.1 Å². The van der Waals surface area contributed by atoms with Crippen molar-refractivity contribution in [3.8, 4) is 0 Å². The highest BCUT2D eigenvalue weighted by molar-refractivity contribution is 5.97. The minimum absolute atomic E-state index is 0. The van der Waals surface area contributed by atoms with E-state index < -0.39 is 12.1 Å². The molecule has 0 radical (unpaired) electrons. The molecular formula is C15H20ClFN4O2. The van der Waals surface area contributed by atoms with E-state index in [0.717, 1.165) is 18.5 Å². The van der Waals surface area contributed by atoms with Gasteiger partial charge in [-0.2, -0.15) is 0 Å². The molecule has 0 unspecified atom stereocenters. The first-order valence-corrected chi connectivity index (χ1v) is 7.46. The van der Waals surface area contributed by atoms with Crippen molar-refractivity contribution < 1.29 is 14.0 Å². The quantitative estimate of drug-likeness (QED) is 0.758. The molecule has 2 aliphatic heterocycles. The van der Waals surface area contributed by atoms with E-state index in [0.29, 0.717) is 31.5 Å². The first-order valence-electron chi connectivity index (χ1n) is 7.46. The largest absolute Gasteiger partial charge is 0.351 e. The van der Waals surface area contributed by atoms with Crippen molar-refractivity contribution in [2.75, 3.05) is 18.4 Å². The number of primary amides is 1. The summed E-state index contributed by atoms with van der Waals surface area (Å²) < 4.78 is 14.5. The van der Waals surface area contributed by atoms with Gasteiger partial charge < -0.3 is 21.3 Å². The SMILES string of the molecule is Cl.NC(=O)N1CCC[C@H]1C(=O)Nc1ccc2c(c1F)CCNC2. The fourth-order valence-electron chi connectivity index (χ4n) is 3.15. The number of hydrogen-bond acceptors (Lipinski definition) is 3. The Balaban J connectivity index is 0.00000192. The van der Waals surface area contributed by atoms with Crippen molar-refractivity contribution in [2.45, 2.75) is 31.8 Å². The van der Waals surface area contributed by atoms with Gasteiger partial charge in [0.15, 0.2) is 0 Å². The van der Waals surface area contributed by atoms with Crippen LogP contribution in [0.4, 0.5) is 14.9 Å². The third-order valence-electron chi connectivity index (χ3n) is 4.30. The number of carbonyl (C=O) groups is 2. The molecule has 1 fully saturated rings. The van der Waals surface area contributed by atoms with Gasteiger partial charge in [0.2, 0.25) is 5.91 Å². The van der Waals surface area contributed by atoms with Crippen LogP contribution < -0.4 is 16.4 Å². The van der Waals surface area contributed by atoms with Crippen LogP contribution in [0.5, 0.6) is 0 Å². The van der Waals surface area contributed by atoms with E-state index in [1.54, 1.807) is 6.07 Å². The number of fused-ring (bicyclic) bond motifs is 1. The van der Waals surface area contributed by atoms with Gasteiger partial charge in [-0.25, -0.2) is 9.18 Å². The summed E-state index contributed by atoms with van der Waals surface area (Å²) in [6.45, 7) is 1.82. The lowest BCUT2D eigenvalue weighted by Gasteiger charge is -2.23. The van der Waals surface area contributed by atoms with E-state index in [2.05, 4.69) is 10.6 Å². The zero-order valence-corrected chi connectivity index (χ0v) is 13.4. The second-order valence-corrected chi connectivity index (χ2v) is 5.67. The average Bonchev–Trinajstić information content (AvgIpc) is 3.00. The molecule has 0 aromatic heterocycles. The molecule has 23 heavy (non-hydrogen) atoms. The molecule has 1 atom stereocenters. The van der Waals surface area contributed by atoms with Crippen LogP contribution in [0, 0.1) is 5.82 Å². The minimum atomic E-state index is -0.616. The lowest BCUT2D eigenvalue weighted by atomic mass is 9.99. The summed E-state index contributed by atoms with van der Waals surface area (Å²) in [5.74, 6) is -0.764. The number of nitrogens with two attached hydrogens (primary N) is 1. The number of rotatable bonds is 2. The van der Waals surface area contributed by atoms with Crippen LogP contribution in [0.25, 0.3) is 0 Å². The zero-order valence-electron chi connectivity index (χ0n) is 12.6. The summed E-state index contributed by atoms with van der Waals surface area (Å²) in [4.78, 5) is 25.0. The molecule has 0 saturated carbocycles. The fourth-order valence-corrected chi connectivity index (χ4v) is 3.15. The third-order valence-corrected chi connectivity index (χ3v) is 4.30. The van der Waals surface area contributed by atoms with Crippen LogP contribution in [0.3, 0.4) is 0 Å². The van der Waals surface area contributed by atoms with Crippen LogP contribution in [-0.4, -0.2) is 36.0 Å². The molecule has 3 rings (SSSR count). The Kier molecular flexibility index (Phi) is 5.43. The highest BCUT2D eigenvalue weighted by Gasteiger charge is 2.33. The van der Waals surface area contributed by atoms with Crippen LogP contribution in [0.2, 0.25) is 0 Å². The van der Waals surface area contributed by atoms with Gasteiger partial charge in [0.05, 0.1) is 5.69 Å². The second kappa shape index (κ2) is 7.14. The number of amides is 3. The van der Waals surface area contributed by atoms with Crippen molar-refractivity contribution in [3.63, 3.8) is 0 Å². The van der Waals surface area contributed by atoms with Gasteiger partial charge in [0.1, 0.15) is 11.9 Å². The van der Waals surface area contributed by atoms with Crippen molar-refractivity contribution >= 4 is 30.0 Å². The summed E-state index contributed by atoms with van der Waals surface area (Å²) in [5, 5.41) is 5.78. The first-order chi connectivity index (χ1) is 10.6. The Bertz CT molecular complexity index is 626. The molecule has 1 aromatic rings. The predicted octanol–water partition coefficient (Wildman–Crippen LogP) is 1.37. The van der Waals surface area contributed by atoms with Crippen molar-refractivity contribution in [2.24, 2.45) is 5.73 Å². The maximum atomic E-state index is 14.5. The molecule has 4 N–H and O–H groups in total. The Morgan fingerprint density at radius 3 is 2.91 bits per heavy atom. The normalized spacial score (nSPS) is 19.7. The molecule has 1 aromatic carbocycles. The number of likely N-dealkylation sites (tertiary alicyclic amines) is 1. The molecule has 6 nitrogen and oxygen atoms in total. The van der Waals surface area contributed by atoms with Gasteiger partial charge in [-0.05, 0) is 43.0 Å². The Hall–Kier alpha value is -1.86. The second-order valence-electron chi connectivity index (χ2n) is 5.67. The van der Waals surface area contributed by atoms with E-state index >= 15 is 0 Å². The molecule has 2 aliphatic rings. The number of nitrogens with one attached hydrogen (secondary N) is 2. The third kappa shape index (κ3) is 3.40. The monoisotopic (exact) mass is 342 g/mol. The maximum absolute atomic E-state index is 14.5. The van der Waals surface area contributed by atoms with Gasteiger partial charge >= 0.3 is 6.03 Å². The number of nitrogens with zero attached hydrogens (tertiary/aromatic N) is 1. The molecular weight excluding hydrogens is 323 g/mol. The van der Waals surface area contributed by atoms with Gasteiger partial charge in [-0.3, -0.25) is 4.79 Å². The number of carbonyl (C=O) groups excluding carboxylic acids is 2. The fraction of sp³-hybridized carbons (Fsp3) is 0.467. The smallest absolute Gasteiger partial charge is 0.315 e. The number of urea groups is 1. The maximum Gasteiger partial charge on any atom is 0.315 e. The highest BCUT2D eigenvalue weighted by Crippen LogP contribution is 2.26. The average molecular weight is 343 g/mol. The van der Waals surface area contributed by atoms with Crippen LogP contribution >= 0.6 is 12.4 Å². The van der Waals surface area contributed by atoms with Gasteiger partial charge in [-0.1, -0.05) is 6.07 Å². The van der Waals surface area contributed by atoms with E-state index in [-0.39, 0.29) is 29.8 Å². The van der Waals surface area contributed by atoms with Crippen molar-refractivity contribution in [1.82, 2.24) is 10.2 Å². The lowest BCUT2D eigenvalue weighted by molar-refractivity contribution is -0.119. The molecule has 0 aliphatic carbocycles. The van der Waals surface area contributed by atoms with E-state index in [9.17, 15) is 14.0 Å². The van der Waals surface area contributed by atoms with Crippen LogP contribution in [-0.2, 0) is 17.8 Å². The standard InChI is InChI=1S/C15H19FN4O2.ClH/c16-13-10-5-6-18-8-9(10)3-4-11(13)19-14(21)12-2-1-7-20(12)15(17)22;/h3-4,12,18H,1-2,5-8H2,(H2,17,22)(H,19,21);1H/t12-;/m0./s1. The topological polar surface area (TPSA) is 87.5 Å². The first kappa shape index (κ1) is 17.5. The van der Waals surface area contributed by atoms with Gasteiger partial charge in [-0.15, -0.1) is 12.4 Å². The summed E-state index contributed by atoms with van der Waals surface area (Å²) in [6.07, 6.45) is 1.87. The molecule has 0 bridgehead atoms. The number of halogens is 2. The Labute approximate surface area is 140 Å². The van der Waals surface area contributed by atoms with Crippen LogP contribution in [0.15, 0.2) is 12.1 Å². The highest BCUT2D eigenvalue weighted by atomic mass is 35.5. The number of anilines is 1. The summed E-state index contributed by atoms with van der Waals surface area (Å²) in [7, 11) is 0. The number of benzene rings is 1. The van der Waals surface area contributed by atoms with E-state index in [4.69, 9.17) is 5.73 Å². The summed E-state index contributed by atoms with van der Waals surface area (Å²) in [5.41, 5.74) is 7.00. The van der Waals surface area contributed by atoms with Gasteiger partial charge in [0.25, 0.3) is 0 Å². The molecule has 0 spiro atoms. The van der Waals surface area contributed by atoms with E-state index in [1.807, 2.05) is 6.07 Å². The summed E-state index contributed by atoms with van der Waals surface area (Å²) >= 11 is 0. The predicted molar refractivity (Wildman–Crippen MR) is 87.0 cm³/mol.